The molecule has 2 aromatic carbocycles. The van der Waals surface area contributed by atoms with Gasteiger partial charge in [0.25, 0.3) is 0 Å². The third kappa shape index (κ3) is 4.97. The number of hydrogen-bond donors (Lipinski definition) is 4. The van der Waals surface area contributed by atoms with E-state index in [1.807, 2.05) is 28.8 Å². The lowest BCUT2D eigenvalue weighted by atomic mass is 10.0. The number of carbonyl (C=O) groups excluding carboxylic acids is 2. The van der Waals surface area contributed by atoms with E-state index in [-0.39, 0.29) is 29.8 Å². The van der Waals surface area contributed by atoms with Crippen LogP contribution < -0.4 is 11.0 Å². The fourth-order valence-electron chi connectivity index (χ4n) is 4.38. The van der Waals surface area contributed by atoms with E-state index in [0.717, 1.165) is 23.9 Å². The number of para-hydroxylation sites is 2. The van der Waals surface area contributed by atoms with Crippen LogP contribution in [0.5, 0.6) is 5.75 Å². The van der Waals surface area contributed by atoms with Gasteiger partial charge in [-0.2, -0.15) is 0 Å². The summed E-state index contributed by atoms with van der Waals surface area (Å²) in [4.78, 5) is 40.9. The molecule has 0 spiro atoms. The molecule has 1 fully saturated rings. The molecule has 0 radical (unpaired) electrons. The Hall–Kier alpha value is -3.63. The lowest BCUT2D eigenvalue weighted by Crippen LogP contribution is -2.39. The number of amides is 1. The molecule has 1 aliphatic rings. The van der Waals surface area contributed by atoms with E-state index in [0.29, 0.717) is 25.2 Å². The number of aliphatic hydroxyl groups excluding tert-OH is 1. The minimum Gasteiger partial charge on any atom is -0.506 e. The summed E-state index contributed by atoms with van der Waals surface area (Å²) in [7, 11) is 0. The highest BCUT2D eigenvalue weighted by atomic mass is 16.5. The number of piperidine rings is 1. The third-order valence-electron chi connectivity index (χ3n) is 6.09. The molecule has 1 amide bonds. The quantitative estimate of drug-likeness (QED) is 0.246. The molecule has 1 unspecified atom stereocenters. The Morgan fingerprint density at radius 3 is 2.68 bits per heavy atom. The van der Waals surface area contributed by atoms with E-state index in [9.17, 15) is 24.6 Å². The van der Waals surface area contributed by atoms with Crippen molar-refractivity contribution in [3.63, 3.8) is 0 Å². The lowest BCUT2D eigenvalue weighted by molar-refractivity contribution is -0.152. The third-order valence-corrected chi connectivity index (χ3v) is 6.09. The Bertz CT molecular complexity index is 1240. The number of ether oxygens (including phenoxy) is 1. The number of carbonyl (C=O) groups is 2. The van der Waals surface area contributed by atoms with Crippen LogP contribution in [0.2, 0.25) is 0 Å². The second kappa shape index (κ2) is 10.1. The Balaban J connectivity index is 1.38. The van der Waals surface area contributed by atoms with Gasteiger partial charge in [0.05, 0.1) is 29.4 Å². The van der Waals surface area contributed by atoms with Gasteiger partial charge in [-0.15, -0.1) is 0 Å². The van der Waals surface area contributed by atoms with E-state index >= 15 is 0 Å². The van der Waals surface area contributed by atoms with Gasteiger partial charge in [0, 0.05) is 25.7 Å². The van der Waals surface area contributed by atoms with Crippen LogP contribution >= 0.6 is 0 Å². The fraction of sp³-hybridized carbons (Fsp3) is 0.375. The number of phenols is 1. The molecule has 4 rings (SSSR count). The first kappa shape index (κ1) is 23.5. The molecule has 4 N–H and O–H groups in total. The molecule has 1 atom stereocenters. The monoisotopic (exact) mass is 468 g/mol. The maximum absolute atomic E-state index is 12.5. The summed E-state index contributed by atoms with van der Waals surface area (Å²) < 4.78 is 6.47. The maximum atomic E-state index is 12.5. The number of aromatic amines is 1. The molecule has 1 aliphatic heterocycles. The number of aromatic hydroxyl groups is 1. The van der Waals surface area contributed by atoms with Crippen LogP contribution in [0.1, 0.15) is 37.5 Å². The van der Waals surface area contributed by atoms with Crippen molar-refractivity contribution in [2.24, 2.45) is 0 Å². The molecule has 10 nitrogen and oxygen atoms in total. The largest absolute Gasteiger partial charge is 0.506 e. The highest BCUT2D eigenvalue weighted by Crippen LogP contribution is 2.29. The Kier molecular flexibility index (Phi) is 6.99. The minimum atomic E-state index is -1.05. The fourth-order valence-corrected chi connectivity index (χ4v) is 4.38. The average Bonchev–Trinajstić information content (AvgIpc) is 3.16. The predicted molar refractivity (Wildman–Crippen MR) is 126 cm³/mol. The summed E-state index contributed by atoms with van der Waals surface area (Å²) in [5.41, 5.74) is 2.12. The number of nitrogens with zero attached hydrogens (tertiary/aromatic N) is 2. The number of H-pyrrole nitrogens is 1. The van der Waals surface area contributed by atoms with Gasteiger partial charge in [-0.1, -0.05) is 18.2 Å². The Labute approximate surface area is 195 Å². The van der Waals surface area contributed by atoms with E-state index in [4.69, 9.17) is 0 Å². The van der Waals surface area contributed by atoms with Crippen LogP contribution in [0.15, 0.2) is 47.3 Å². The predicted octanol–water partition coefficient (Wildman–Crippen LogP) is 1.91. The van der Waals surface area contributed by atoms with Crippen LogP contribution in [0, 0.1) is 0 Å². The summed E-state index contributed by atoms with van der Waals surface area (Å²) >= 11 is 0. The van der Waals surface area contributed by atoms with Crippen molar-refractivity contribution < 1.29 is 24.5 Å². The van der Waals surface area contributed by atoms with Gasteiger partial charge in [-0.05, 0) is 49.6 Å². The molecule has 1 saturated heterocycles. The number of aromatic nitrogens is 2. The number of likely N-dealkylation sites (tertiary alicyclic amines) is 1. The van der Waals surface area contributed by atoms with Gasteiger partial charge < -0.3 is 30.2 Å². The van der Waals surface area contributed by atoms with E-state index in [2.05, 4.69) is 19.9 Å². The SMILES string of the molecule is CCOC(=O)C(=O)Nc1cc(C(O)CN2CCC(n3c(=O)[nH]c4ccccc43)CC2)ccc1O. The number of esters is 1. The first-order chi connectivity index (χ1) is 16.4. The van der Waals surface area contributed by atoms with Crippen LogP contribution in [0.3, 0.4) is 0 Å². The van der Waals surface area contributed by atoms with Gasteiger partial charge in [-0.3, -0.25) is 9.36 Å². The number of benzene rings is 2. The van der Waals surface area contributed by atoms with E-state index in [1.54, 1.807) is 13.0 Å². The Morgan fingerprint density at radius 1 is 1.21 bits per heavy atom. The molecule has 0 bridgehead atoms. The second-order valence-electron chi connectivity index (χ2n) is 8.32. The zero-order valence-corrected chi connectivity index (χ0v) is 18.9. The highest BCUT2D eigenvalue weighted by Gasteiger charge is 2.25. The van der Waals surface area contributed by atoms with Gasteiger partial charge in [0.15, 0.2) is 0 Å². The molecule has 3 aromatic rings. The number of rotatable bonds is 6. The molecule has 2 heterocycles. The van der Waals surface area contributed by atoms with Crippen molar-refractivity contribution in [2.45, 2.75) is 31.9 Å². The summed E-state index contributed by atoms with van der Waals surface area (Å²) in [6.07, 6.45) is 0.668. The lowest BCUT2D eigenvalue weighted by Gasteiger charge is -2.33. The number of hydrogen-bond acceptors (Lipinski definition) is 7. The Morgan fingerprint density at radius 2 is 1.94 bits per heavy atom. The molecular weight excluding hydrogens is 440 g/mol. The standard InChI is InChI=1S/C24H28N4O6/c1-2-34-23(32)22(31)25-18-13-15(7-8-20(18)29)21(30)14-27-11-9-16(10-12-27)28-19-6-4-3-5-17(19)26-24(28)33/h3-8,13,16,21,29-30H,2,9-12,14H2,1H3,(H,25,31)(H,26,33). The summed E-state index contributed by atoms with van der Waals surface area (Å²) in [5.74, 6) is -2.28. The molecule has 1 aromatic heterocycles. The van der Waals surface area contributed by atoms with Crippen molar-refractivity contribution in [3.8, 4) is 5.75 Å². The number of fused-ring (bicyclic) bond motifs is 1. The summed E-state index contributed by atoms with van der Waals surface area (Å²) in [5, 5.41) is 23.1. The number of aliphatic hydroxyl groups is 1. The van der Waals surface area contributed by atoms with Crippen molar-refractivity contribution >= 4 is 28.6 Å². The zero-order valence-electron chi connectivity index (χ0n) is 18.9. The number of nitrogens with one attached hydrogen (secondary N) is 2. The smallest absolute Gasteiger partial charge is 0.397 e. The van der Waals surface area contributed by atoms with Gasteiger partial charge >= 0.3 is 17.6 Å². The summed E-state index contributed by atoms with van der Waals surface area (Å²) in [6, 6.07) is 12.1. The van der Waals surface area contributed by atoms with Crippen molar-refractivity contribution in [3.05, 3.63) is 58.5 Å². The molecule has 0 saturated carbocycles. The van der Waals surface area contributed by atoms with E-state index < -0.39 is 18.0 Å². The van der Waals surface area contributed by atoms with Crippen LogP contribution in [0.25, 0.3) is 11.0 Å². The van der Waals surface area contributed by atoms with Crippen LogP contribution in [-0.2, 0) is 14.3 Å². The number of phenolic OH excluding ortho intramolecular Hbond substituents is 1. The van der Waals surface area contributed by atoms with Gasteiger partial charge in [0.2, 0.25) is 0 Å². The van der Waals surface area contributed by atoms with E-state index in [1.165, 1.54) is 12.1 Å². The second-order valence-corrected chi connectivity index (χ2v) is 8.32. The zero-order chi connectivity index (χ0) is 24.2. The maximum Gasteiger partial charge on any atom is 0.397 e. The highest BCUT2D eigenvalue weighted by molar-refractivity contribution is 6.37. The molecular formula is C24H28N4O6. The first-order valence-electron chi connectivity index (χ1n) is 11.3. The first-order valence-corrected chi connectivity index (χ1v) is 11.3. The van der Waals surface area contributed by atoms with Gasteiger partial charge in [0.1, 0.15) is 5.75 Å². The minimum absolute atomic E-state index is 0.0204. The van der Waals surface area contributed by atoms with Crippen LogP contribution in [-0.4, -0.2) is 62.8 Å². The molecule has 0 aliphatic carbocycles. The summed E-state index contributed by atoms with van der Waals surface area (Å²) in [6.45, 7) is 3.41. The van der Waals surface area contributed by atoms with Gasteiger partial charge in [-0.25, -0.2) is 9.59 Å². The average molecular weight is 469 g/mol. The van der Waals surface area contributed by atoms with Crippen molar-refractivity contribution in [1.82, 2.24) is 14.5 Å². The number of β-amino-alcohol motifs (C(OH)–C–C–N with tert-alkyl or cyclic N) is 1. The molecule has 34 heavy (non-hydrogen) atoms. The molecule has 180 valence electrons. The normalized spacial score (nSPS) is 15.8. The topological polar surface area (TPSA) is 137 Å². The van der Waals surface area contributed by atoms with Crippen molar-refractivity contribution in [2.75, 3.05) is 31.6 Å². The number of anilines is 1. The molecule has 10 heteroatoms. The number of imidazole rings is 1. The van der Waals surface area contributed by atoms with Crippen LogP contribution in [0.4, 0.5) is 5.69 Å². The van der Waals surface area contributed by atoms with Crippen molar-refractivity contribution in [1.29, 1.82) is 0 Å².